The maximum absolute atomic E-state index is 10.7. The van der Waals surface area contributed by atoms with Crippen molar-refractivity contribution in [2.24, 2.45) is 11.8 Å². The van der Waals surface area contributed by atoms with E-state index in [4.69, 9.17) is 17.7 Å². The van der Waals surface area contributed by atoms with E-state index in [-0.39, 0.29) is 29.6 Å². The van der Waals surface area contributed by atoms with Gasteiger partial charge in [0.25, 0.3) is 0 Å². The first kappa shape index (κ1) is 38.5. The number of unbranched alkanes of at least 4 members (excludes halogenated alkanes) is 1. The number of hydrogen-bond donors (Lipinski definition) is 0. The predicted molar refractivity (Wildman–Crippen MR) is 129 cm³/mol. The molecule has 0 amide bonds. The fourth-order valence-electron chi connectivity index (χ4n) is 3.32. The van der Waals surface area contributed by atoms with Crippen LogP contribution in [0.25, 0.3) is 0 Å². The van der Waals surface area contributed by atoms with Crippen LogP contribution < -0.4 is 29.6 Å². The van der Waals surface area contributed by atoms with Gasteiger partial charge in [-0.15, -0.1) is 0 Å². The van der Waals surface area contributed by atoms with Crippen LogP contribution >= 0.6 is 0 Å². The van der Waals surface area contributed by atoms with Gasteiger partial charge in [-0.1, -0.05) is 53.4 Å². The molecular weight excluding hydrogens is 475 g/mol. The van der Waals surface area contributed by atoms with Gasteiger partial charge in [0, 0.05) is 26.4 Å². The third kappa shape index (κ3) is 23.1. The minimum atomic E-state index is -4.59. The Morgan fingerprint density at radius 2 is 1.24 bits per heavy atom. The molecule has 0 aromatic carbocycles. The van der Waals surface area contributed by atoms with Gasteiger partial charge in [-0.05, 0) is 58.8 Å². The Labute approximate surface area is 227 Å². The first-order valence-electron chi connectivity index (χ1n) is 12.2. The van der Waals surface area contributed by atoms with E-state index >= 15 is 0 Å². The molecule has 0 aliphatic heterocycles. The van der Waals surface area contributed by atoms with Crippen molar-refractivity contribution < 1.29 is 64.4 Å². The van der Waals surface area contributed by atoms with E-state index in [0.717, 1.165) is 12.8 Å². The third-order valence-electron chi connectivity index (χ3n) is 4.71. The summed E-state index contributed by atoms with van der Waals surface area (Å²) in [7, 11) is -7.39. The van der Waals surface area contributed by atoms with Crippen LogP contribution in [0.15, 0.2) is 0 Å². The van der Waals surface area contributed by atoms with Crippen LogP contribution in [0.5, 0.6) is 0 Å². The second-order valence-corrected chi connectivity index (χ2v) is 11.1. The van der Waals surface area contributed by atoms with Crippen molar-refractivity contribution in [3.63, 3.8) is 0 Å². The van der Waals surface area contributed by atoms with Crippen molar-refractivity contribution in [2.75, 3.05) is 26.4 Å². The summed E-state index contributed by atoms with van der Waals surface area (Å²) in [5, 5.41) is 0. The van der Waals surface area contributed by atoms with Crippen molar-refractivity contribution in [1.29, 1.82) is 0 Å². The zero-order chi connectivity index (χ0) is 25.0. The van der Waals surface area contributed by atoms with Crippen molar-refractivity contribution in [3.8, 4) is 0 Å². The Morgan fingerprint density at radius 1 is 0.788 bits per heavy atom. The minimum absolute atomic E-state index is 0. The minimum Gasteiger partial charge on any atom is -0.726 e. The molecular formula is C22H49NaO8SSi. The van der Waals surface area contributed by atoms with E-state index in [0.29, 0.717) is 51.1 Å². The van der Waals surface area contributed by atoms with E-state index < -0.39 is 25.6 Å². The summed E-state index contributed by atoms with van der Waals surface area (Å²) in [5.74, 6) is 0.926. The Bertz CT molecular complexity index is 493. The van der Waals surface area contributed by atoms with Gasteiger partial charge in [0.2, 0.25) is 10.4 Å². The van der Waals surface area contributed by atoms with E-state index in [2.05, 4.69) is 18.0 Å². The smallest absolute Gasteiger partial charge is 0.726 e. The molecule has 0 bridgehead atoms. The molecule has 0 saturated carbocycles. The van der Waals surface area contributed by atoms with Crippen LogP contribution in [-0.2, 0) is 32.3 Å². The topological polar surface area (TPSA) is 103 Å². The molecule has 0 radical (unpaired) electrons. The molecule has 11 heteroatoms. The van der Waals surface area contributed by atoms with Gasteiger partial charge in [0.1, 0.15) is 0 Å². The molecule has 0 N–H and O–H groups in total. The second kappa shape index (κ2) is 23.3. The summed E-state index contributed by atoms with van der Waals surface area (Å²) in [6.45, 7) is 18.1. The normalized spacial score (nSPS) is 13.8. The summed E-state index contributed by atoms with van der Waals surface area (Å²) in [6.07, 6.45) is 6.39. The molecule has 0 rings (SSSR count). The summed E-state index contributed by atoms with van der Waals surface area (Å²) in [6, 6.07) is 0. The van der Waals surface area contributed by atoms with Gasteiger partial charge >= 0.3 is 38.6 Å². The quantitative estimate of drug-likeness (QED) is 0.144. The van der Waals surface area contributed by atoms with Crippen molar-refractivity contribution in [1.82, 2.24) is 0 Å². The van der Waals surface area contributed by atoms with E-state index in [9.17, 15) is 13.0 Å². The van der Waals surface area contributed by atoms with Crippen LogP contribution in [0.4, 0.5) is 0 Å². The van der Waals surface area contributed by atoms with Crippen LogP contribution in [0.2, 0.25) is 0 Å². The second-order valence-electron chi connectivity index (χ2n) is 7.98. The first-order chi connectivity index (χ1) is 15.0. The number of rotatable bonds is 19. The van der Waals surface area contributed by atoms with E-state index in [1.54, 1.807) is 0 Å². The summed E-state index contributed by atoms with van der Waals surface area (Å²) < 4.78 is 58.6. The molecule has 0 fully saturated rings. The molecule has 0 aliphatic rings. The van der Waals surface area contributed by atoms with Crippen molar-refractivity contribution in [2.45, 2.75) is 106 Å². The largest absolute Gasteiger partial charge is 1.00 e. The summed E-state index contributed by atoms with van der Waals surface area (Å²) >= 11 is 0. The maximum Gasteiger partial charge on any atom is 1.00 e. The Kier molecular flexibility index (Phi) is 27.2. The first-order valence-corrected chi connectivity index (χ1v) is 15.2. The fourth-order valence-corrected chi connectivity index (χ4v) is 5.74. The fraction of sp³-hybridized carbons (Fsp3) is 1.00. The molecule has 0 aromatic rings. The van der Waals surface area contributed by atoms with Crippen LogP contribution in [0.3, 0.4) is 0 Å². The molecule has 0 saturated heterocycles. The summed E-state index contributed by atoms with van der Waals surface area (Å²) in [4.78, 5) is 0. The van der Waals surface area contributed by atoms with Gasteiger partial charge < -0.3 is 22.3 Å². The average molecular weight is 525 g/mol. The zero-order valence-electron chi connectivity index (χ0n) is 22.7. The molecule has 33 heavy (non-hydrogen) atoms. The Balaban J connectivity index is -0.000000566. The molecule has 0 aliphatic carbocycles. The molecule has 8 nitrogen and oxygen atoms in total. The van der Waals surface area contributed by atoms with Crippen LogP contribution in [0, 0.1) is 11.8 Å². The predicted octanol–water partition coefficient (Wildman–Crippen LogP) is 2.45. The maximum atomic E-state index is 10.7. The van der Waals surface area contributed by atoms with Gasteiger partial charge in [-0.3, -0.25) is 4.18 Å². The average Bonchev–Trinajstić information content (AvgIpc) is 2.68. The monoisotopic (exact) mass is 524 g/mol. The third-order valence-corrected chi connectivity index (χ3v) is 7.79. The Morgan fingerprint density at radius 3 is 1.55 bits per heavy atom. The van der Waals surface area contributed by atoms with Crippen molar-refractivity contribution >= 4 is 19.4 Å². The van der Waals surface area contributed by atoms with Crippen molar-refractivity contribution in [3.05, 3.63) is 0 Å². The van der Waals surface area contributed by atoms with E-state index in [1.165, 1.54) is 19.3 Å². The Hall–Kier alpha value is 0.927. The molecule has 0 aromatic heterocycles. The SMILES string of the molecule is CCCCC(CC)CCC(CC(C)C)OS(=O)(=O)[O-].CCO[Si](OCC)(OCC)OCC.[Na+]. The molecule has 196 valence electrons. The zero-order valence-corrected chi connectivity index (χ0v) is 26.5. The van der Waals surface area contributed by atoms with Gasteiger partial charge in [-0.25, -0.2) is 8.42 Å². The van der Waals surface area contributed by atoms with Crippen LogP contribution in [-0.4, -0.2) is 54.5 Å². The molecule has 0 spiro atoms. The standard InChI is InChI=1S/C14H30O4S.C8H20O4Si.Na/c1-5-7-8-13(6-2)9-10-14(11-12(3)4)18-19(15,16)17;1-5-9-13(10-6-2,11-7-3)12-8-4;/h12-14H,5-11H2,1-4H3,(H,15,16,17);5-8H2,1-4H3;/q;;+1/p-1. The number of hydrogen-bond acceptors (Lipinski definition) is 8. The summed E-state index contributed by atoms with van der Waals surface area (Å²) in [5.41, 5.74) is 0. The molecule has 2 unspecified atom stereocenters. The molecule has 2 atom stereocenters. The van der Waals surface area contributed by atoms with Gasteiger partial charge in [0.15, 0.2) is 0 Å². The van der Waals surface area contributed by atoms with Crippen LogP contribution in [0.1, 0.15) is 100 Å². The van der Waals surface area contributed by atoms with Gasteiger partial charge in [-0.2, -0.15) is 0 Å². The van der Waals surface area contributed by atoms with Gasteiger partial charge in [0.05, 0.1) is 6.10 Å². The van der Waals surface area contributed by atoms with E-state index in [1.807, 2.05) is 41.5 Å². The molecule has 0 heterocycles.